The minimum absolute atomic E-state index is 0.343. The van der Waals surface area contributed by atoms with E-state index >= 15 is 0 Å². The molecule has 0 unspecified atom stereocenters. The van der Waals surface area contributed by atoms with E-state index in [9.17, 15) is 9.59 Å². The van der Waals surface area contributed by atoms with Crippen molar-refractivity contribution in [3.63, 3.8) is 0 Å². The molecule has 7 nitrogen and oxygen atoms in total. The first-order chi connectivity index (χ1) is 10.5. The molecule has 122 valence electrons. The molecular weight excluding hydrogens is 306 g/mol. The van der Waals surface area contributed by atoms with Gasteiger partial charge in [0.1, 0.15) is 17.5 Å². The number of nitrogens with one attached hydrogen (secondary N) is 2. The van der Waals surface area contributed by atoms with Crippen molar-refractivity contribution in [1.82, 2.24) is 10.7 Å². The van der Waals surface area contributed by atoms with Gasteiger partial charge >= 0.3 is 0 Å². The van der Waals surface area contributed by atoms with Gasteiger partial charge in [0.15, 0.2) is 0 Å². The van der Waals surface area contributed by atoms with E-state index in [0.29, 0.717) is 23.5 Å². The van der Waals surface area contributed by atoms with E-state index in [2.05, 4.69) is 10.7 Å². The molecule has 2 amide bonds. The lowest BCUT2D eigenvalue weighted by Gasteiger charge is -2.17. The van der Waals surface area contributed by atoms with Gasteiger partial charge in [0, 0.05) is 11.6 Å². The molecule has 0 spiro atoms. The van der Waals surface area contributed by atoms with Gasteiger partial charge in [-0.1, -0.05) is 0 Å². The molecule has 0 aliphatic rings. The van der Waals surface area contributed by atoms with Gasteiger partial charge in [-0.25, -0.2) is 5.84 Å². The third kappa shape index (κ3) is 5.12. The summed E-state index contributed by atoms with van der Waals surface area (Å²) < 4.78 is 10.2. The van der Waals surface area contributed by atoms with Crippen LogP contribution in [0.25, 0.3) is 0 Å². The van der Waals surface area contributed by atoms with Gasteiger partial charge in [-0.2, -0.15) is 11.8 Å². The predicted molar refractivity (Wildman–Crippen MR) is 86.1 cm³/mol. The van der Waals surface area contributed by atoms with Crippen molar-refractivity contribution in [2.75, 3.05) is 26.2 Å². The molecule has 0 aliphatic heterocycles. The van der Waals surface area contributed by atoms with Crippen LogP contribution in [0, 0.1) is 0 Å². The van der Waals surface area contributed by atoms with Crippen molar-refractivity contribution in [1.29, 1.82) is 0 Å². The van der Waals surface area contributed by atoms with Crippen LogP contribution in [-0.2, 0) is 4.79 Å². The van der Waals surface area contributed by atoms with Gasteiger partial charge in [0.25, 0.3) is 11.8 Å². The Balaban J connectivity index is 2.91. The first kappa shape index (κ1) is 18.1. The van der Waals surface area contributed by atoms with Gasteiger partial charge in [-0.15, -0.1) is 0 Å². The summed E-state index contributed by atoms with van der Waals surface area (Å²) in [6, 6.07) is 4.12. The molecule has 22 heavy (non-hydrogen) atoms. The first-order valence-corrected chi connectivity index (χ1v) is 7.98. The normalized spacial score (nSPS) is 11.5. The Morgan fingerprint density at radius 2 is 1.82 bits per heavy atom. The maximum absolute atomic E-state index is 12.3. The highest BCUT2D eigenvalue weighted by Crippen LogP contribution is 2.22. The summed E-state index contributed by atoms with van der Waals surface area (Å²) in [4.78, 5) is 24.0. The third-order valence-electron chi connectivity index (χ3n) is 2.99. The molecule has 0 heterocycles. The van der Waals surface area contributed by atoms with Gasteiger partial charge in [0.05, 0.1) is 14.2 Å². The molecule has 0 saturated carbocycles. The minimum Gasteiger partial charge on any atom is -0.497 e. The number of hydrazine groups is 1. The SMILES string of the molecule is COc1cc(OC)cc(C(=O)N[C@@H](CCSC)C(=O)NN)c1. The van der Waals surface area contributed by atoms with Crippen LogP contribution in [0.3, 0.4) is 0 Å². The van der Waals surface area contributed by atoms with Crippen LogP contribution in [-0.4, -0.2) is 44.1 Å². The largest absolute Gasteiger partial charge is 0.497 e. The lowest BCUT2D eigenvalue weighted by Crippen LogP contribution is -2.49. The monoisotopic (exact) mass is 327 g/mol. The summed E-state index contributed by atoms with van der Waals surface area (Å²) in [7, 11) is 3.00. The summed E-state index contributed by atoms with van der Waals surface area (Å²) in [5.41, 5.74) is 2.41. The number of thioether (sulfide) groups is 1. The molecule has 0 aliphatic carbocycles. The molecule has 1 atom stereocenters. The van der Waals surface area contributed by atoms with Gasteiger partial charge < -0.3 is 14.8 Å². The maximum Gasteiger partial charge on any atom is 0.256 e. The fourth-order valence-corrected chi connectivity index (χ4v) is 2.26. The highest BCUT2D eigenvalue weighted by atomic mass is 32.2. The standard InChI is InChI=1S/C14H21N3O4S/c1-20-10-6-9(7-11(8-10)21-2)13(18)16-12(4-5-22-3)14(19)17-15/h6-8,12H,4-5,15H2,1-3H3,(H,16,18)(H,17,19)/t12-/m0/s1. The number of amides is 2. The number of carbonyl (C=O) groups excluding carboxylic acids is 2. The van der Waals surface area contributed by atoms with E-state index in [-0.39, 0.29) is 0 Å². The number of methoxy groups -OCH3 is 2. The molecule has 1 aromatic rings. The van der Waals surface area contributed by atoms with E-state index in [1.165, 1.54) is 14.2 Å². The first-order valence-electron chi connectivity index (χ1n) is 6.59. The second-order valence-corrected chi connectivity index (χ2v) is 5.40. The fourth-order valence-electron chi connectivity index (χ4n) is 1.79. The number of rotatable bonds is 8. The minimum atomic E-state index is -0.692. The van der Waals surface area contributed by atoms with Crippen molar-refractivity contribution in [2.45, 2.75) is 12.5 Å². The van der Waals surface area contributed by atoms with E-state index in [1.807, 2.05) is 6.26 Å². The average Bonchev–Trinajstić information content (AvgIpc) is 2.56. The average molecular weight is 327 g/mol. The second-order valence-electron chi connectivity index (χ2n) is 4.42. The van der Waals surface area contributed by atoms with Crippen molar-refractivity contribution in [3.05, 3.63) is 23.8 Å². The smallest absolute Gasteiger partial charge is 0.256 e. The van der Waals surface area contributed by atoms with E-state index in [4.69, 9.17) is 15.3 Å². The molecule has 8 heteroatoms. The number of carbonyl (C=O) groups is 2. The molecule has 0 aromatic heterocycles. The van der Waals surface area contributed by atoms with Crippen LogP contribution < -0.4 is 26.1 Å². The van der Waals surface area contributed by atoms with Crippen LogP contribution >= 0.6 is 11.8 Å². The Kier molecular flexibility index (Phi) is 7.55. The molecule has 1 aromatic carbocycles. The lowest BCUT2D eigenvalue weighted by atomic mass is 10.1. The van der Waals surface area contributed by atoms with Crippen LogP contribution in [0.15, 0.2) is 18.2 Å². The number of benzene rings is 1. The summed E-state index contributed by atoms with van der Waals surface area (Å²) >= 11 is 1.58. The molecule has 4 N–H and O–H groups in total. The summed E-state index contributed by atoms with van der Waals surface area (Å²) in [6.45, 7) is 0. The quantitative estimate of drug-likeness (QED) is 0.366. The van der Waals surface area contributed by atoms with Crippen molar-refractivity contribution < 1.29 is 19.1 Å². The summed E-state index contributed by atoms with van der Waals surface area (Å²) in [5, 5.41) is 2.67. The number of hydrogen-bond donors (Lipinski definition) is 3. The van der Waals surface area contributed by atoms with E-state index in [1.54, 1.807) is 30.0 Å². The Hall–Kier alpha value is -1.93. The fraction of sp³-hybridized carbons (Fsp3) is 0.429. The Bertz CT molecular complexity index is 503. The molecule has 0 saturated heterocycles. The Labute approximate surface area is 133 Å². The van der Waals surface area contributed by atoms with Crippen molar-refractivity contribution in [3.8, 4) is 11.5 Å². The van der Waals surface area contributed by atoms with Crippen LogP contribution in [0.2, 0.25) is 0 Å². The zero-order chi connectivity index (χ0) is 16.5. The van der Waals surface area contributed by atoms with Gasteiger partial charge in [-0.05, 0) is 30.6 Å². The predicted octanol–water partition coefficient (Wildman–Crippen LogP) is 0.545. The zero-order valence-electron chi connectivity index (χ0n) is 12.8. The van der Waals surface area contributed by atoms with Crippen LogP contribution in [0.1, 0.15) is 16.8 Å². The Morgan fingerprint density at radius 1 is 1.23 bits per heavy atom. The zero-order valence-corrected chi connectivity index (χ0v) is 13.7. The lowest BCUT2D eigenvalue weighted by molar-refractivity contribution is -0.123. The second kappa shape index (κ2) is 9.16. The summed E-state index contributed by atoms with van der Waals surface area (Å²) in [6.07, 6.45) is 2.41. The molecular formula is C14H21N3O4S. The number of ether oxygens (including phenoxy) is 2. The molecule has 0 bridgehead atoms. The topological polar surface area (TPSA) is 103 Å². The van der Waals surface area contributed by atoms with Crippen LogP contribution in [0.4, 0.5) is 0 Å². The molecule has 0 fully saturated rings. The van der Waals surface area contributed by atoms with Gasteiger partial charge in [0.2, 0.25) is 0 Å². The van der Waals surface area contributed by atoms with Gasteiger partial charge in [-0.3, -0.25) is 15.0 Å². The number of nitrogens with two attached hydrogens (primary N) is 1. The van der Waals surface area contributed by atoms with Crippen LogP contribution in [0.5, 0.6) is 11.5 Å². The number of hydrogen-bond acceptors (Lipinski definition) is 6. The highest BCUT2D eigenvalue weighted by molar-refractivity contribution is 7.98. The van der Waals surface area contributed by atoms with Crippen molar-refractivity contribution in [2.24, 2.45) is 5.84 Å². The molecule has 1 rings (SSSR count). The molecule has 0 radical (unpaired) electrons. The summed E-state index contributed by atoms with van der Waals surface area (Å²) in [5.74, 6) is 6.03. The third-order valence-corrected chi connectivity index (χ3v) is 3.63. The highest BCUT2D eigenvalue weighted by Gasteiger charge is 2.21. The Morgan fingerprint density at radius 3 is 2.27 bits per heavy atom. The van der Waals surface area contributed by atoms with Crippen molar-refractivity contribution >= 4 is 23.6 Å². The maximum atomic E-state index is 12.3. The van der Waals surface area contributed by atoms with E-state index < -0.39 is 17.9 Å². The van der Waals surface area contributed by atoms with E-state index in [0.717, 1.165) is 5.75 Å².